The van der Waals surface area contributed by atoms with Gasteiger partial charge < -0.3 is 4.90 Å². The highest BCUT2D eigenvalue weighted by Crippen LogP contribution is 2.37. The van der Waals surface area contributed by atoms with E-state index in [1.54, 1.807) is 0 Å². The van der Waals surface area contributed by atoms with Gasteiger partial charge in [0.1, 0.15) is 0 Å². The molecule has 2 nitrogen and oxygen atoms in total. The van der Waals surface area contributed by atoms with Gasteiger partial charge in [-0.15, -0.1) is 0 Å². The highest BCUT2D eigenvalue weighted by atomic mass is 16.2. The number of rotatable bonds is 2. The van der Waals surface area contributed by atoms with Gasteiger partial charge in [0.15, 0.2) is 0 Å². The summed E-state index contributed by atoms with van der Waals surface area (Å²) in [7, 11) is 0. The molecule has 0 aromatic carbocycles. The molecule has 0 aromatic heterocycles. The van der Waals surface area contributed by atoms with Crippen molar-refractivity contribution in [3.63, 3.8) is 0 Å². The van der Waals surface area contributed by atoms with Crippen LogP contribution in [0.5, 0.6) is 0 Å². The van der Waals surface area contributed by atoms with Gasteiger partial charge in [-0.1, -0.05) is 25.0 Å². The van der Waals surface area contributed by atoms with Crippen LogP contribution >= 0.6 is 0 Å². The van der Waals surface area contributed by atoms with E-state index in [0.29, 0.717) is 12.3 Å². The molecule has 0 N–H and O–H groups in total. The number of nitrogens with zero attached hydrogens (tertiary/aromatic N) is 1. The normalized spacial score (nSPS) is 20.6. The second-order valence-electron chi connectivity index (χ2n) is 6.65. The highest BCUT2D eigenvalue weighted by molar-refractivity contribution is 5.84. The number of carbonyl (C=O) groups is 1. The molecule has 1 fully saturated rings. The molecule has 1 saturated heterocycles. The van der Waals surface area contributed by atoms with E-state index in [9.17, 15) is 4.79 Å². The lowest BCUT2D eigenvalue weighted by molar-refractivity contribution is -0.136. The SMILES string of the molecule is CC(C)=C1CC(=O)N(C(C)C)C(C(C)C)C1=C(C)C. The molecule has 1 atom stereocenters. The summed E-state index contributed by atoms with van der Waals surface area (Å²) in [4.78, 5) is 14.6. The lowest BCUT2D eigenvalue weighted by Crippen LogP contribution is -2.52. The van der Waals surface area contributed by atoms with Gasteiger partial charge in [0.05, 0.1) is 12.5 Å². The summed E-state index contributed by atoms with van der Waals surface area (Å²) in [6.45, 7) is 17.2. The van der Waals surface area contributed by atoms with Gasteiger partial charge in [-0.2, -0.15) is 0 Å². The molecule has 0 bridgehead atoms. The third-order valence-electron chi connectivity index (χ3n) is 3.87. The molecule has 0 spiro atoms. The minimum atomic E-state index is 0.219. The molecule has 2 heteroatoms. The van der Waals surface area contributed by atoms with E-state index in [1.807, 2.05) is 0 Å². The van der Waals surface area contributed by atoms with Crippen molar-refractivity contribution >= 4 is 5.91 Å². The Labute approximate surface area is 118 Å². The van der Waals surface area contributed by atoms with Crippen LogP contribution < -0.4 is 0 Å². The zero-order valence-electron chi connectivity index (χ0n) is 13.8. The van der Waals surface area contributed by atoms with E-state index >= 15 is 0 Å². The maximum Gasteiger partial charge on any atom is 0.227 e. The third kappa shape index (κ3) is 3.10. The molecule has 0 aliphatic carbocycles. The maximum atomic E-state index is 12.5. The van der Waals surface area contributed by atoms with Crippen LogP contribution in [0.2, 0.25) is 0 Å². The van der Waals surface area contributed by atoms with E-state index < -0.39 is 0 Å². The van der Waals surface area contributed by atoms with Crippen LogP contribution in [0.4, 0.5) is 0 Å². The Morgan fingerprint density at radius 1 is 1.05 bits per heavy atom. The van der Waals surface area contributed by atoms with Crippen LogP contribution in [0.1, 0.15) is 61.8 Å². The van der Waals surface area contributed by atoms with E-state index in [2.05, 4.69) is 60.3 Å². The highest BCUT2D eigenvalue weighted by Gasteiger charge is 2.38. The van der Waals surface area contributed by atoms with Gasteiger partial charge in [0, 0.05) is 6.04 Å². The molecular formula is C17H29NO. The number of piperidine rings is 1. The summed E-state index contributed by atoms with van der Waals surface area (Å²) in [5.74, 6) is 0.709. The monoisotopic (exact) mass is 263 g/mol. The van der Waals surface area contributed by atoms with E-state index in [0.717, 1.165) is 0 Å². The number of carbonyl (C=O) groups excluding carboxylic acids is 1. The van der Waals surface area contributed by atoms with Gasteiger partial charge in [-0.25, -0.2) is 0 Å². The second kappa shape index (κ2) is 5.94. The topological polar surface area (TPSA) is 20.3 Å². The second-order valence-corrected chi connectivity index (χ2v) is 6.65. The fourth-order valence-electron chi connectivity index (χ4n) is 3.12. The molecule has 19 heavy (non-hydrogen) atoms. The molecule has 1 aliphatic heterocycles. The molecule has 1 heterocycles. The maximum absolute atomic E-state index is 12.5. The van der Waals surface area contributed by atoms with Crippen LogP contribution in [0.25, 0.3) is 0 Å². The first kappa shape index (κ1) is 16.0. The molecular weight excluding hydrogens is 234 g/mol. The van der Waals surface area contributed by atoms with Gasteiger partial charge in [-0.05, 0) is 58.6 Å². The molecule has 0 aromatic rings. The first-order valence-electron chi connectivity index (χ1n) is 7.33. The predicted octanol–water partition coefficient (Wildman–Crippen LogP) is 4.32. The first-order chi connectivity index (χ1) is 8.68. The average Bonchev–Trinajstić information content (AvgIpc) is 2.25. The molecule has 1 rings (SSSR count). The Bertz CT molecular complexity index is 419. The summed E-state index contributed by atoms with van der Waals surface area (Å²) in [5, 5.41) is 0. The number of likely N-dealkylation sites (tertiary alicyclic amines) is 1. The van der Waals surface area contributed by atoms with Crippen molar-refractivity contribution in [2.45, 2.75) is 73.9 Å². The van der Waals surface area contributed by atoms with Crippen molar-refractivity contribution < 1.29 is 4.79 Å². The quantitative estimate of drug-likeness (QED) is 0.726. The van der Waals surface area contributed by atoms with Crippen molar-refractivity contribution in [1.82, 2.24) is 4.90 Å². The zero-order chi connectivity index (χ0) is 14.9. The summed E-state index contributed by atoms with van der Waals surface area (Å²) in [5.41, 5.74) is 5.27. The average molecular weight is 263 g/mol. The third-order valence-corrected chi connectivity index (χ3v) is 3.87. The Balaban J connectivity index is 3.46. The Morgan fingerprint density at radius 2 is 1.58 bits per heavy atom. The van der Waals surface area contributed by atoms with Gasteiger partial charge in [0.2, 0.25) is 5.91 Å². The van der Waals surface area contributed by atoms with Gasteiger partial charge >= 0.3 is 0 Å². The summed E-state index contributed by atoms with van der Waals surface area (Å²) in [6.07, 6.45) is 0.560. The van der Waals surface area contributed by atoms with Gasteiger partial charge in [0.25, 0.3) is 0 Å². The minimum absolute atomic E-state index is 0.219. The predicted molar refractivity (Wildman–Crippen MR) is 82.0 cm³/mol. The van der Waals surface area contributed by atoms with Crippen LogP contribution in [-0.4, -0.2) is 22.9 Å². The molecule has 1 amide bonds. The van der Waals surface area contributed by atoms with Crippen molar-refractivity contribution in [3.8, 4) is 0 Å². The summed E-state index contributed by atoms with van der Waals surface area (Å²) < 4.78 is 0. The number of hydrogen-bond donors (Lipinski definition) is 0. The van der Waals surface area contributed by atoms with Crippen molar-refractivity contribution in [1.29, 1.82) is 0 Å². The van der Waals surface area contributed by atoms with Crippen LogP contribution in [0, 0.1) is 5.92 Å². The Morgan fingerprint density at radius 3 is 1.89 bits per heavy atom. The summed E-state index contributed by atoms with van der Waals surface area (Å²) in [6, 6.07) is 0.476. The fraction of sp³-hybridized carbons (Fsp3) is 0.706. The number of hydrogen-bond acceptors (Lipinski definition) is 1. The van der Waals surface area contributed by atoms with E-state index in [1.165, 1.54) is 22.3 Å². The molecule has 0 saturated carbocycles. The first-order valence-corrected chi connectivity index (χ1v) is 7.33. The number of allylic oxidation sites excluding steroid dienone is 2. The zero-order valence-corrected chi connectivity index (χ0v) is 13.8. The van der Waals surface area contributed by atoms with Gasteiger partial charge in [-0.3, -0.25) is 4.79 Å². The van der Waals surface area contributed by atoms with Crippen molar-refractivity contribution in [3.05, 3.63) is 22.3 Å². The molecule has 108 valence electrons. The molecule has 1 aliphatic rings. The van der Waals surface area contributed by atoms with E-state index in [-0.39, 0.29) is 18.0 Å². The Hall–Kier alpha value is -1.05. The van der Waals surface area contributed by atoms with Crippen LogP contribution in [-0.2, 0) is 4.79 Å². The standard InChI is InChI=1S/C17H29NO/c1-10(2)14-9-15(19)18(13(7)8)17(12(5)6)16(14)11(3)4/h12-13,17H,9H2,1-8H3. The number of amides is 1. The largest absolute Gasteiger partial charge is 0.333 e. The molecule has 0 radical (unpaired) electrons. The van der Waals surface area contributed by atoms with E-state index in [4.69, 9.17) is 0 Å². The smallest absolute Gasteiger partial charge is 0.227 e. The van der Waals surface area contributed by atoms with Crippen molar-refractivity contribution in [2.24, 2.45) is 5.92 Å². The molecule has 1 unspecified atom stereocenters. The lowest BCUT2D eigenvalue weighted by atomic mass is 9.79. The Kier molecular flexibility index (Phi) is 5.00. The lowest BCUT2D eigenvalue weighted by Gasteiger charge is -2.44. The van der Waals surface area contributed by atoms with Crippen molar-refractivity contribution in [2.75, 3.05) is 0 Å². The van der Waals surface area contributed by atoms with Crippen LogP contribution in [0.3, 0.4) is 0 Å². The van der Waals surface area contributed by atoms with Crippen LogP contribution in [0.15, 0.2) is 22.3 Å². The minimum Gasteiger partial charge on any atom is -0.333 e. The summed E-state index contributed by atoms with van der Waals surface area (Å²) >= 11 is 0. The fourth-order valence-corrected chi connectivity index (χ4v) is 3.12.